The van der Waals surface area contributed by atoms with Gasteiger partial charge in [-0.05, 0) is 148 Å². The molecule has 6 aliphatic rings. The van der Waals surface area contributed by atoms with E-state index in [4.69, 9.17) is 0 Å². The van der Waals surface area contributed by atoms with Crippen LogP contribution in [-0.4, -0.2) is 14.5 Å². The van der Waals surface area contributed by atoms with Gasteiger partial charge in [0.25, 0.3) is 7.41 Å². The smallest absolute Gasteiger partial charge is 0.284 e. The first-order valence-electron chi connectivity index (χ1n) is 21.8. The Labute approximate surface area is 356 Å². The lowest BCUT2D eigenvalue weighted by Crippen LogP contribution is -2.35. The number of anilines is 3. The van der Waals surface area contributed by atoms with Crippen LogP contribution in [0.4, 0.5) is 17.1 Å². The van der Waals surface area contributed by atoms with E-state index in [1.807, 2.05) is 0 Å². The van der Waals surface area contributed by atoms with Gasteiger partial charge >= 0.3 is 0 Å². The fourth-order valence-electron chi connectivity index (χ4n) is 11.3. The van der Waals surface area contributed by atoms with Crippen LogP contribution < -0.4 is 20.9 Å². The van der Waals surface area contributed by atoms with E-state index in [9.17, 15) is 0 Å². The van der Waals surface area contributed by atoms with Crippen molar-refractivity contribution in [1.29, 1.82) is 0 Å². The summed E-state index contributed by atoms with van der Waals surface area (Å²) in [4.78, 5) is 2.71. The van der Waals surface area contributed by atoms with Crippen LogP contribution in [0.3, 0.4) is 0 Å². The molecule has 0 aromatic heterocycles. The zero-order chi connectivity index (χ0) is 41.1. The van der Waals surface area contributed by atoms with Crippen molar-refractivity contribution in [1.82, 2.24) is 5.32 Å². The Balaban J connectivity index is 1.36. The first kappa shape index (κ1) is 36.8. The standard InChI is InChI=1S/C56H51BN3/c1-33-17-11-12-20-37(33)51-34(2)29-50-52-39-21-13-14-24-44(39)55(3,4)45-26-16-23-40(53(51)52)54(45)59-57-47-31-42-38-22-15-25-43(38)56(5,6)46(42)32-49(47)60(50)48-28-27-36(58-7)30-41(48)35-18-9-8-10-19-35/h8-9,11-14,16-18,20-26,29-32,58-59H,10,19,27-28H2,1-7H3. The Morgan fingerprint density at radius 3 is 2.27 bits per heavy atom. The number of nitrogens with zero attached hydrogens (tertiary/aromatic N) is 1. The first-order valence-corrected chi connectivity index (χ1v) is 21.8. The van der Waals surface area contributed by atoms with Crippen molar-refractivity contribution in [3.05, 3.63) is 189 Å². The van der Waals surface area contributed by atoms with E-state index in [2.05, 4.69) is 199 Å². The van der Waals surface area contributed by atoms with Gasteiger partial charge in [0, 0.05) is 57.3 Å². The predicted molar refractivity (Wildman–Crippen MR) is 254 cm³/mol. The van der Waals surface area contributed by atoms with Crippen LogP contribution in [-0.2, 0) is 10.8 Å². The lowest BCUT2D eigenvalue weighted by molar-refractivity contribution is 0.644. The fraction of sp³-hybridized carbons (Fsp3) is 0.232. The minimum atomic E-state index is -0.306. The van der Waals surface area contributed by atoms with Crippen molar-refractivity contribution in [2.75, 3.05) is 17.2 Å². The molecule has 1 heterocycles. The molecule has 0 saturated heterocycles. The molecule has 2 N–H and O–H groups in total. The van der Waals surface area contributed by atoms with Crippen LogP contribution in [0.15, 0.2) is 155 Å². The van der Waals surface area contributed by atoms with Gasteiger partial charge in [-0.2, -0.15) is 0 Å². The number of benzene rings is 5. The minimum Gasteiger partial charge on any atom is -0.427 e. The number of allylic oxidation sites excluding steroid dienone is 11. The molecule has 0 spiro atoms. The molecular formula is C56H51BN3. The van der Waals surface area contributed by atoms with Crippen molar-refractivity contribution in [2.45, 2.75) is 78.1 Å². The van der Waals surface area contributed by atoms with E-state index in [0.717, 1.165) is 25.7 Å². The van der Waals surface area contributed by atoms with Crippen LogP contribution >= 0.6 is 0 Å². The third kappa shape index (κ3) is 5.23. The van der Waals surface area contributed by atoms with Crippen molar-refractivity contribution in [3.8, 4) is 33.4 Å². The predicted octanol–water partition coefficient (Wildman–Crippen LogP) is 12.9. The molecule has 3 nitrogen and oxygen atoms in total. The quantitative estimate of drug-likeness (QED) is 0.141. The number of nitrogens with one attached hydrogen (secondary N) is 2. The largest absolute Gasteiger partial charge is 0.427 e. The van der Waals surface area contributed by atoms with Gasteiger partial charge in [0.2, 0.25) is 0 Å². The number of rotatable bonds is 4. The summed E-state index contributed by atoms with van der Waals surface area (Å²) in [6.45, 7) is 14.2. The highest BCUT2D eigenvalue weighted by Crippen LogP contribution is 2.58. The maximum Gasteiger partial charge on any atom is 0.284 e. The van der Waals surface area contributed by atoms with E-state index < -0.39 is 0 Å². The van der Waals surface area contributed by atoms with Gasteiger partial charge in [0.05, 0.1) is 5.69 Å². The molecule has 5 aromatic carbocycles. The van der Waals surface area contributed by atoms with Gasteiger partial charge in [-0.1, -0.05) is 119 Å². The molecule has 6 bridgehead atoms. The number of hydrogen-bond donors (Lipinski definition) is 2. The molecule has 1 aliphatic heterocycles. The Bertz CT molecular complexity index is 2970. The molecule has 293 valence electrons. The Morgan fingerprint density at radius 2 is 1.47 bits per heavy atom. The molecule has 5 aromatic rings. The molecule has 0 fully saturated rings. The number of aryl methyl sites for hydroxylation is 2. The molecule has 5 aliphatic carbocycles. The average molecular weight is 777 g/mol. The van der Waals surface area contributed by atoms with Crippen molar-refractivity contribution in [2.24, 2.45) is 0 Å². The maximum atomic E-state index is 4.10. The second-order valence-corrected chi connectivity index (χ2v) is 18.5. The van der Waals surface area contributed by atoms with Gasteiger partial charge in [-0.25, -0.2) is 0 Å². The Kier molecular flexibility index (Phi) is 8.23. The molecule has 11 rings (SSSR count). The van der Waals surface area contributed by atoms with Crippen molar-refractivity contribution in [3.63, 3.8) is 0 Å². The summed E-state index contributed by atoms with van der Waals surface area (Å²) in [6.07, 6.45) is 17.7. The lowest BCUT2D eigenvalue weighted by atomic mass is 9.67. The molecular weight excluding hydrogens is 725 g/mol. The number of hydrogen-bond acceptors (Lipinski definition) is 3. The zero-order valence-electron chi connectivity index (χ0n) is 35.9. The molecule has 0 amide bonds. The first-order chi connectivity index (χ1) is 29.1. The third-order valence-corrected chi connectivity index (χ3v) is 14.4. The van der Waals surface area contributed by atoms with Crippen LogP contribution in [0.2, 0.25) is 0 Å². The van der Waals surface area contributed by atoms with Crippen LogP contribution in [0, 0.1) is 13.8 Å². The van der Waals surface area contributed by atoms with Crippen LogP contribution in [0.25, 0.3) is 39.0 Å². The summed E-state index contributed by atoms with van der Waals surface area (Å²) in [5, 5.41) is 7.67. The summed E-state index contributed by atoms with van der Waals surface area (Å²) >= 11 is 0. The minimum absolute atomic E-state index is 0.172. The second-order valence-electron chi connectivity index (χ2n) is 18.5. The second kappa shape index (κ2) is 13.4. The normalized spacial score (nSPS) is 18.4. The monoisotopic (exact) mass is 776 g/mol. The highest BCUT2D eigenvalue weighted by molar-refractivity contribution is 6.59. The van der Waals surface area contributed by atoms with Gasteiger partial charge in [0.15, 0.2) is 0 Å². The number of para-hydroxylation sites is 1. The summed E-state index contributed by atoms with van der Waals surface area (Å²) in [7, 11) is 4.39. The molecule has 60 heavy (non-hydrogen) atoms. The SMILES string of the molecule is CNC1=CC(C2=CC=CCC2)=C(N2c3cc4c(cc3[B]Nc3c5cccc3C(C)(C)c3ccccc3-c3c2cc(C)c(-c2ccccc2C)c3-5)C2=C(C=C=C2)C4(C)C)CC1. The molecule has 0 atom stereocenters. The topological polar surface area (TPSA) is 27.3 Å². The molecule has 0 unspecified atom stereocenters. The van der Waals surface area contributed by atoms with E-state index in [1.165, 1.54) is 123 Å². The highest BCUT2D eigenvalue weighted by Gasteiger charge is 2.42. The van der Waals surface area contributed by atoms with E-state index >= 15 is 0 Å². The highest BCUT2D eigenvalue weighted by atomic mass is 15.2. The molecule has 0 saturated carbocycles. The van der Waals surface area contributed by atoms with Crippen LogP contribution in [0.5, 0.6) is 0 Å². The van der Waals surface area contributed by atoms with Gasteiger partial charge in [0.1, 0.15) is 0 Å². The van der Waals surface area contributed by atoms with Gasteiger partial charge in [-0.3, -0.25) is 0 Å². The zero-order valence-corrected chi connectivity index (χ0v) is 35.9. The van der Waals surface area contributed by atoms with E-state index in [1.54, 1.807) is 0 Å². The summed E-state index contributed by atoms with van der Waals surface area (Å²) in [6, 6.07) is 32.8. The van der Waals surface area contributed by atoms with Gasteiger partial charge < -0.3 is 15.4 Å². The Morgan fingerprint density at radius 1 is 0.683 bits per heavy atom. The summed E-state index contributed by atoms with van der Waals surface area (Å²) in [5.41, 5.74) is 31.3. The van der Waals surface area contributed by atoms with Crippen molar-refractivity contribution < 1.29 is 0 Å². The van der Waals surface area contributed by atoms with Crippen LogP contribution in [0.1, 0.15) is 86.8 Å². The number of fused-ring (bicyclic) bond motifs is 4. The summed E-state index contributed by atoms with van der Waals surface area (Å²) < 4.78 is 0. The fourth-order valence-corrected chi connectivity index (χ4v) is 11.3. The lowest BCUT2D eigenvalue weighted by Gasteiger charge is -2.41. The maximum absolute atomic E-state index is 4.10. The van der Waals surface area contributed by atoms with Crippen molar-refractivity contribution >= 4 is 35.5 Å². The van der Waals surface area contributed by atoms with E-state index in [0.29, 0.717) is 0 Å². The Hall–Kier alpha value is -6.22. The molecule has 4 heteroatoms. The summed E-state index contributed by atoms with van der Waals surface area (Å²) in [5.74, 6) is 0. The van der Waals surface area contributed by atoms with E-state index in [-0.39, 0.29) is 10.8 Å². The molecule has 1 radical (unpaired) electrons. The third-order valence-electron chi connectivity index (χ3n) is 14.4. The van der Waals surface area contributed by atoms with Gasteiger partial charge in [-0.15, -0.1) is 5.73 Å². The average Bonchev–Trinajstić information content (AvgIpc) is 3.84.